The van der Waals surface area contributed by atoms with Crippen LogP contribution in [-0.4, -0.2) is 50.0 Å². The van der Waals surface area contributed by atoms with Crippen LogP contribution in [0.1, 0.15) is 27.3 Å². The number of nitrogens with two attached hydrogens (primary N) is 1. The quantitative estimate of drug-likeness (QED) is 0.303. The number of ether oxygens (including phenoxy) is 1. The number of Topliss-reactive ketones (excluding diaryl/α,β-unsaturated/α-hetero) is 1. The Morgan fingerprint density at radius 1 is 1.16 bits per heavy atom. The molecule has 1 amide bonds. The molecule has 0 aliphatic carbocycles. The number of hydrogen-bond donors (Lipinski definition) is 2. The van der Waals surface area contributed by atoms with Crippen molar-refractivity contribution in [1.29, 1.82) is 0 Å². The van der Waals surface area contributed by atoms with Gasteiger partial charge in [-0.3, -0.25) is 9.59 Å². The smallest absolute Gasteiger partial charge is 0.295 e. The second-order valence-corrected chi connectivity index (χ2v) is 8.96. The van der Waals surface area contributed by atoms with E-state index in [-0.39, 0.29) is 11.4 Å². The van der Waals surface area contributed by atoms with Gasteiger partial charge in [-0.1, -0.05) is 55.1 Å². The van der Waals surface area contributed by atoms with Crippen LogP contribution in [0.4, 0.5) is 0 Å². The summed E-state index contributed by atoms with van der Waals surface area (Å²) in [5, 5.41) is 4.96. The summed E-state index contributed by atoms with van der Waals surface area (Å²) in [6.45, 7) is 6.31. The van der Waals surface area contributed by atoms with Crippen molar-refractivity contribution in [2.45, 2.75) is 19.9 Å². The average Bonchev–Trinajstić information content (AvgIpc) is 3.59. The molecule has 1 aliphatic rings. The molecule has 192 valence electrons. The number of benzene rings is 2. The number of ketones is 1. The Labute approximate surface area is 219 Å². The van der Waals surface area contributed by atoms with E-state index in [1.54, 1.807) is 11.8 Å². The molecule has 3 heterocycles. The van der Waals surface area contributed by atoms with Gasteiger partial charge in [0.2, 0.25) is 0 Å². The lowest BCUT2D eigenvalue weighted by Crippen LogP contribution is -2.43. The first kappa shape index (κ1) is 24.8. The monoisotopic (exact) mass is 508 g/mol. The zero-order valence-corrected chi connectivity index (χ0v) is 21.3. The van der Waals surface area contributed by atoms with E-state index in [0.29, 0.717) is 41.7 Å². The van der Waals surface area contributed by atoms with Crippen LogP contribution in [0.3, 0.4) is 0 Å². The Balaban J connectivity index is 1.51. The summed E-state index contributed by atoms with van der Waals surface area (Å²) in [5.74, 6) is -0.225. The summed E-state index contributed by atoms with van der Waals surface area (Å²) in [4.78, 5) is 35.8. The standard InChI is InChI=1S/C29H28N6O3/c1-4-24(38-3)25-23(15-31-26(25)28(30)35-17-32-18(2)33-35)27(36)29(37)34-14-13-22-20(16-34)11-8-12-21(22)19-9-6-5-7-10-19/h4-12,15,17,31H,1,13-14,16,30H2,2-3H3/b25-24+,28-26-. The lowest BCUT2D eigenvalue weighted by atomic mass is 9.90. The highest BCUT2D eigenvalue weighted by atomic mass is 16.5. The van der Waals surface area contributed by atoms with Crippen molar-refractivity contribution < 1.29 is 14.3 Å². The first-order chi connectivity index (χ1) is 18.4. The largest absolute Gasteiger partial charge is 0.496 e. The lowest BCUT2D eigenvalue weighted by Gasteiger charge is -2.29. The third-order valence-corrected chi connectivity index (χ3v) is 6.72. The van der Waals surface area contributed by atoms with E-state index < -0.39 is 11.7 Å². The molecule has 9 nitrogen and oxygen atoms in total. The number of nitrogens with zero attached hydrogens (tertiary/aromatic N) is 4. The fourth-order valence-corrected chi connectivity index (χ4v) is 4.85. The number of rotatable bonds is 6. The Kier molecular flexibility index (Phi) is 6.66. The molecular weight excluding hydrogens is 480 g/mol. The van der Waals surface area contributed by atoms with E-state index in [4.69, 9.17) is 10.5 Å². The van der Waals surface area contributed by atoms with Crippen molar-refractivity contribution >= 4 is 23.3 Å². The van der Waals surface area contributed by atoms with Crippen molar-refractivity contribution in [2.24, 2.45) is 5.73 Å². The SMILES string of the molecule is C=C/C(OC)=c1/c(C(=O)C(=O)N2CCc3c(cccc3-c3ccccc3)C2)c[nH]/c1=C(/N)n1cnc(C)n1. The van der Waals surface area contributed by atoms with E-state index in [2.05, 4.69) is 39.8 Å². The topological polar surface area (TPSA) is 119 Å². The van der Waals surface area contributed by atoms with Gasteiger partial charge in [0.05, 0.1) is 23.2 Å². The molecule has 4 aromatic rings. The van der Waals surface area contributed by atoms with Gasteiger partial charge in [-0.15, -0.1) is 0 Å². The second kappa shape index (κ2) is 10.2. The number of methoxy groups -OCH3 is 1. The number of carbonyl (C=O) groups excluding carboxylic acids is 2. The first-order valence-corrected chi connectivity index (χ1v) is 12.2. The van der Waals surface area contributed by atoms with Gasteiger partial charge in [-0.05, 0) is 41.7 Å². The molecule has 0 atom stereocenters. The number of carbonyl (C=O) groups is 2. The van der Waals surface area contributed by atoms with Gasteiger partial charge in [0, 0.05) is 19.3 Å². The summed E-state index contributed by atoms with van der Waals surface area (Å²) in [7, 11) is 1.46. The molecule has 0 saturated heterocycles. The van der Waals surface area contributed by atoms with Gasteiger partial charge in [0.1, 0.15) is 17.9 Å². The summed E-state index contributed by atoms with van der Waals surface area (Å²) in [5.41, 5.74) is 11.0. The van der Waals surface area contributed by atoms with Crippen LogP contribution >= 0.6 is 0 Å². The molecule has 0 spiro atoms. The number of aryl methyl sites for hydroxylation is 1. The van der Waals surface area contributed by atoms with Crippen LogP contribution in [-0.2, 0) is 22.5 Å². The number of hydrogen-bond acceptors (Lipinski definition) is 6. The zero-order valence-electron chi connectivity index (χ0n) is 21.3. The number of nitrogens with one attached hydrogen (secondary N) is 1. The molecule has 0 radical (unpaired) electrons. The van der Waals surface area contributed by atoms with Crippen molar-refractivity contribution in [3.63, 3.8) is 0 Å². The predicted molar refractivity (Wildman–Crippen MR) is 144 cm³/mol. The fraction of sp³-hybridized carbons (Fsp3) is 0.172. The van der Waals surface area contributed by atoms with Gasteiger partial charge < -0.3 is 20.4 Å². The van der Waals surface area contributed by atoms with Gasteiger partial charge in [0.15, 0.2) is 5.82 Å². The van der Waals surface area contributed by atoms with E-state index in [1.807, 2.05) is 30.3 Å². The Morgan fingerprint density at radius 3 is 2.63 bits per heavy atom. The molecule has 0 unspecified atom stereocenters. The van der Waals surface area contributed by atoms with Crippen molar-refractivity contribution in [3.05, 3.63) is 107 Å². The Bertz CT molecular complexity index is 1670. The highest BCUT2D eigenvalue weighted by molar-refractivity contribution is 6.42. The van der Waals surface area contributed by atoms with Crippen LogP contribution in [0.5, 0.6) is 0 Å². The third kappa shape index (κ3) is 4.39. The second-order valence-electron chi connectivity index (χ2n) is 8.96. The number of aromatic amines is 1. The average molecular weight is 509 g/mol. The van der Waals surface area contributed by atoms with Gasteiger partial charge in [-0.2, -0.15) is 5.10 Å². The van der Waals surface area contributed by atoms with Crippen LogP contribution in [0.25, 0.3) is 22.7 Å². The molecule has 38 heavy (non-hydrogen) atoms. The summed E-state index contributed by atoms with van der Waals surface area (Å²) in [6, 6.07) is 16.3. The molecule has 2 aromatic heterocycles. The highest BCUT2D eigenvalue weighted by Crippen LogP contribution is 2.30. The van der Waals surface area contributed by atoms with Crippen LogP contribution in [0.15, 0.2) is 73.7 Å². The minimum atomic E-state index is -0.663. The fourth-order valence-electron chi connectivity index (χ4n) is 4.85. The summed E-state index contributed by atoms with van der Waals surface area (Å²) >= 11 is 0. The molecule has 0 bridgehead atoms. The van der Waals surface area contributed by atoms with Crippen LogP contribution < -0.4 is 16.3 Å². The molecule has 1 aliphatic heterocycles. The molecular formula is C29H28N6O3. The Hall–Kier alpha value is -4.92. The van der Waals surface area contributed by atoms with E-state index in [9.17, 15) is 9.59 Å². The normalized spacial score (nSPS) is 14.4. The third-order valence-electron chi connectivity index (χ3n) is 6.72. The number of aromatic nitrogens is 4. The number of amides is 1. The molecule has 2 aromatic carbocycles. The molecule has 3 N–H and O–H groups in total. The maximum Gasteiger partial charge on any atom is 0.295 e. The first-order valence-electron chi connectivity index (χ1n) is 12.2. The lowest BCUT2D eigenvalue weighted by molar-refractivity contribution is -0.127. The van der Waals surface area contributed by atoms with E-state index >= 15 is 0 Å². The van der Waals surface area contributed by atoms with Gasteiger partial charge in [0.25, 0.3) is 11.7 Å². The van der Waals surface area contributed by atoms with Crippen molar-refractivity contribution in [1.82, 2.24) is 24.6 Å². The highest BCUT2D eigenvalue weighted by Gasteiger charge is 2.29. The molecule has 9 heteroatoms. The van der Waals surface area contributed by atoms with Crippen LogP contribution in [0.2, 0.25) is 0 Å². The molecule has 0 saturated carbocycles. The number of H-pyrrole nitrogens is 1. The maximum atomic E-state index is 13.6. The minimum Gasteiger partial charge on any atom is -0.496 e. The zero-order chi connectivity index (χ0) is 26.8. The summed E-state index contributed by atoms with van der Waals surface area (Å²) < 4.78 is 6.87. The predicted octanol–water partition coefficient (Wildman–Crippen LogP) is 1.86. The van der Waals surface area contributed by atoms with Crippen molar-refractivity contribution in [3.8, 4) is 11.1 Å². The maximum absolute atomic E-state index is 13.6. The van der Waals surface area contributed by atoms with Gasteiger partial charge >= 0.3 is 0 Å². The summed E-state index contributed by atoms with van der Waals surface area (Å²) in [6.07, 6.45) is 5.06. The van der Waals surface area contributed by atoms with Gasteiger partial charge in [-0.25, -0.2) is 9.67 Å². The van der Waals surface area contributed by atoms with E-state index in [0.717, 1.165) is 16.7 Å². The van der Waals surface area contributed by atoms with Crippen molar-refractivity contribution in [2.75, 3.05) is 13.7 Å². The number of fused-ring (bicyclic) bond motifs is 1. The Morgan fingerprint density at radius 2 is 1.95 bits per heavy atom. The van der Waals surface area contributed by atoms with Crippen LogP contribution in [0, 0.1) is 6.92 Å². The minimum absolute atomic E-state index is 0.144. The molecule has 5 rings (SSSR count). The molecule has 0 fully saturated rings. The van der Waals surface area contributed by atoms with E-state index in [1.165, 1.54) is 36.0 Å².